The maximum Gasteiger partial charge on any atom is 0.248 e. The van der Waals surface area contributed by atoms with Gasteiger partial charge in [-0.25, -0.2) is 8.42 Å². The van der Waals surface area contributed by atoms with Crippen molar-refractivity contribution in [2.24, 2.45) is 0 Å². The van der Waals surface area contributed by atoms with Gasteiger partial charge in [0, 0.05) is 7.05 Å². The molecule has 0 radical (unpaired) electrons. The molecular formula is C10H18N2O4S. The summed E-state index contributed by atoms with van der Waals surface area (Å²) < 4.78 is 30.7. The van der Waals surface area contributed by atoms with Crippen molar-refractivity contribution in [3.05, 3.63) is 11.5 Å². The zero-order valence-corrected chi connectivity index (χ0v) is 11.5. The van der Waals surface area contributed by atoms with Crippen molar-refractivity contribution in [1.29, 1.82) is 0 Å². The van der Waals surface area contributed by atoms with Crippen molar-refractivity contribution in [2.75, 3.05) is 13.7 Å². The van der Waals surface area contributed by atoms with Gasteiger partial charge in [0.05, 0.1) is 12.1 Å². The summed E-state index contributed by atoms with van der Waals surface area (Å²) in [7, 11) is -2.28. The maximum absolute atomic E-state index is 12.4. The van der Waals surface area contributed by atoms with Gasteiger partial charge in [0.1, 0.15) is 10.6 Å². The van der Waals surface area contributed by atoms with Crippen LogP contribution in [0.2, 0.25) is 0 Å². The Balaban J connectivity index is 3.31. The normalized spacial score (nSPS) is 13.4. The molecule has 1 heterocycles. The van der Waals surface area contributed by atoms with E-state index in [4.69, 9.17) is 4.52 Å². The Morgan fingerprint density at radius 1 is 1.41 bits per heavy atom. The van der Waals surface area contributed by atoms with Crippen LogP contribution in [0.25, 0.3) is 0 Å². The first kappa shape index (κ1) is 14.1. The van der Waals surface area contributed by atoms with Crippen molar-refractivity contribution >= 4 is 10.0 Å². The number of sulfonamides is 1. The summed E-state index contributed by atoms with van der Waals surface area (Å²) in [6, 6.07) is 0. The van der Waals surface area contributed by atoms with Gasteiger partial charge in [-0.2, -0.15) is 4.31 Å². The maximum atomic E-state index is 12.4. The van der Waals surface area contributed by atoms with E-state index in [1.54, 1.807) is 27.7 Å². The average Bonchev–Trinajstić information content (AvgIpc) is 2.57. The van der Waals surface area contributed by atoms with Crippen LogP contribution in [-0.4, -0.2) is 42.2 Å². The molecule has 6 nitrogen and oxygen atoms in total. The number of likely N-dealkylation sites (N-methyl/N-ethyl adjacent to an activating group) is 1. The number of aliphatic hydroxyl groups excluding tert-OH is 1. The molecule has 0 unspecified atom stereocenters. The van der Waals surface area contributed by atoms with Gasteiger partial charge in [-0.15, -0.1) is 0 Å². The van der Waals surface area contributed by atoms with E-state index in [0.717, 1.165) is 4.31 Å². The van der Waals surface area contributed by atoms with Crippen LogP contribution in [0.3, 0.4) is 0 Å². The van der Waals surface area contributed by atoms with E-state index in [1.807, 2.05) is 0 Å². The molecule has 1 rings (SSSR count). The summed E-state index contributed by atoms with van der Waals surface area (Å²) in [4.78, 5) is 0.0709. The van der Waals surface area contributed by atoms with Crippen LogP contribution in [0.4, 0.5) is 0 Å². The number of aryl methyl sites for hydroxylation is 2. The Morgan fingerprint density at radius 2 is 1.94 bits per heavy atom. The van der Waals surface area contributed by atoms with Gasteiger partial charge >= 0.3 is 0 Å². The highest BCUT2D eigenvalue weighted by Gasteiger charge is 2.37. The first-order valence-electron chi connectivity index (χ1n) is 5.17. The third-order valence-electron chi connectivity index (χ3n) is 2.83. The predicted octanol–water partition coefficient (Wildman–Crippen LogP) is 0.683. The summed E-state index contributed by atoms with van der Waals surface area (Å²) in [5, 5.41) is 12.8. The summed E-state index contributed by atoms with van der Waals surface area (Å²) in [5.74, 6) is 0.253. The highest BCUT2D eigenvalue weighted by molar-refractivity contribution is 7.89. The minimum Gasteiger partial charge on any atom is -0.394 e. The number of aliphatic hydroxyl groups is 1. The Hall–Kier alpha value is -0.920. The minimum absolute atomic E-state index is 0.0709. The van der Waals surface area contributed by atoms with Crippen molar-refractivity contribution < 1.29 is 18.0 Å². The molecule has 0 saturated carbocycles. The van der Waals surface area contributed by atoms with E-state index in [2.05, 4.69) is 5.16 Å². The van der Waals surface area contributed by atoms with Gasteiger partial charge < -0.3 is 9.63 Å². The van der Waals surface area contributed by atoms with E-state index in [0.29, 0.717) is 5.69 Å². The lowest BCUT2D eigenvalue weighted by molar-refractivity contribution is 0.138. The van der Waals surface area contributed by atoms with Gasteiger partial charge in [-0.05, 0) is 27.7 Å². The van der Waals surface area contributed by atoms with Crippen LogP contribution in [0.5, 0.6) is 0 Å². The molecule has 0 amide bonds. The first-order chi connectivity index (χ1) is 7.64. The van der Waals surface area contributed by atoms with Crippen molar-refractivity contribution in [1.82, 2.24) is 9.46 Å². The molecule has 7 heteroatoms. The average molecular weight is 262 g/mol. The van der Waals surface area contributed by atoms with Crippen LogP contribution in [-0.2, 0) is 10.0 Å². The molecule has 0 spiro atoms. The minimum atomic E-state index is -3.71. The molecule has 0 atom stereocenters. The van der Waals surface area contributed by atoms with Crippen LogP contribution in [0.1, 0.15) is 25.3 Å². The Kier molecular flexibility index (Phi) is 3.66. The van der Waals surface area contributed by atoms with E-state index in [9.17, 15) is 13.5 Å². The van der Waals surface area contributed by atoms with Gasteiger partial charge in [-0.3, -0.25) is 0 Å². The second kappa shape index (κ2) is 4.40. The molecule has 17 heavy (non-hydrogen) atoms. The van der Waals surface area contributed by atoms with Crippen molar-refractivity contribution in [3.63, 3.8) is 0 Å². The lowest BCUT2D eigenvalue weighted by Gasteiger charge is -2.32. The summed E-state index contributed by atoms with van der Waals surface area (Å²) in [6.45, 7) is 6.13. The molecule has 0 saturated heterocycles. The van der Waals surface area contributed by atoms with Crippen molar-refractivity contribution in [2.45, 2.75) is 38.1 Å². The van der Waals surface area contributed by atoms with E-state index in [-0.39, 0.29) is 17.3 Å². The van der Waals surface area contributed by atoms with Crippen LogP contribution < -0.4 is 0 Å². The van der Waals surface area contributed by atoms with Crippen molar-refractivity contribution in [3.8, 4) is 0 Å². The zero-order chi connectivity index (χ0) is 13.4. The second-order valence-corrected chi connectivity index (χ2v) is 6.50. The Bertz CT molecular complexity index is 485. The summed E-state index contributed by atoms with van der Waals surface area (Å²) in [5.41, 5.74) is -0.558. The Morgan fingerprint density at radius 3 is 2.29 bits per heavy atom. The number of rotatable bonds is 4. The van der Waals surface area contributed by atoms with Gasteiger partial charge in [0.25, 0.3) is 0 Å². The Labute approximate surface area is 101 Å². The molecule has 1 N–H and O–H groups in total. The molecular weight excluding hydrogens is 244 g/mol. The van der Waals surface area contributed by atoms with E-state index < -0.39 is 15.6 Å². The lowest BCUT2D eigenvalue weighted by atomic mass is 10.1. The fourth-order valence-corrected chi connectivity index (χ4v) is 3.20. The zero-order valence-electron chi connectivity index (χ0n) is 10.7. The van der Waals surface area contributed by atoms with E-state index >= 15 is 0 Å². The standard InChI is InChI=1S/C10H18N2O4S/c1-7-9(8(2)16-11-7)17(14,15)12(5)10(3,4)6-13/h13H,6H2,1-5H3. The SMILES string of the molecule is Cc1noc(C)c1S(=O)(=O)N(C)C(C)(C)CO. The molecule has 0 aliphatic carbocycles. The lowest BCUT2D eigenvalue weighted by Crippen LogP contribution is -2.47. The third kappa shape index (κ3) is 2.36. The predicted molar refractivity (Wildman–Crippen MR) is 62.1 cm³/mol. The smallest absolute Gasteiger partial charge is 0.248 e. The van der Waals surface area contributed by atoms with Crippen LogP contribution in [0, 0.1) is 13.8 Å². The molecule has 0 aliphatic heterocycles. The molecule has 98 valence electrons. The quantitative estimate of drug-likeness (QED) is 0.862. The summed E-state index contributed by atoms with van der Waals surface area (Å²) >= 11 is 0. The van der Waals surface area contributed by atoms with E-state index in [1.165, 1.54) is 7.05 Å². The number of hydrogen-bond donors (Lipinski definition) is 1. The van der Waals surface area contributed by atoms with Gasteiger partial charge in [-0.1, -0.05) is 5.16 Å². The molecule has 0 aromatic carbocycles. The number of nitrogens with zero attached hydrogens (tertiary/aromatic N) is 2. The topological polar surface area (TPSA) is 83.6 Å². The fraction of sp³-hybridized carbons (Fsp3) is 0.700. The molecule has 0 fully saturated rings. The summed E-state index contributed by atoms with van der Waals surface area (Å²) in [6.07, 6.45) is 0. The molecule has 0 bridgehead atoms. The second-order valence-electron chi connectivity index (χ2n) is 4.60. The highest BCUT2D eigenvalue weighted by Crippen LogP contribution is 2.26. The molecule has 1 aromatic rings. The number of hydrogen-bond acceptors (Lipinski definition) is 5. The third-order valence-corrected chi connectivity index (χ3v) is 5.14. The molecule has 1 aromatic heterocycles. The number of aromatic nitrogens is 1. The van der Waals surface area contributed by atoms with Crippen LogP contribution >= 0.6 is 0 Å². The fourth-order valence-electron chi connectivity index (χ4n) is 1.40. The highest BCUT2D eigenvalue weighted by atomic mass is 32.2. The monoisotopic (exact) mass is 262 g/mol. The van der Waals surface area contributed by atoms with Gasteiger partial charge in [0.2, 0.25) is 10.0 Å². The molecule has 0 aliphatic rings. The largest absolute Gasteiger partial charge is 0.394 e. The van der Waals surface area contributed by atoms with Crippen LogP contribution in [0.15, 0.2) is 9.42 Å². The first-order valence-corrected chi connectivity index (χ1v) is 6.61. The van der Waals surface area contributed by atoms with Gasteiger partial charge in [0.15, 0.2) is 5.76 Å².